The number of carbonyl (C=O) groups is 1. The fourth-order valence-electron chi connectivity index (χ4n) is 1.52. The third-order valence-electron chi connectivity index (χ3n) is 2.27. The van der Waals surface area contributed by atoms with E-state index in [1.807, 2.05) is 0 Å². The van der Waals surface area contributed by atoms with Crippen LogP contribution in [0.1, 0.15) is 28.6 Å². The summed E-state index contributed by atoms with van der Waals surface area (Å²) in [5, 5.41) is 3.66. The quantitative estimate of drug-likeness (QED) is 0.814. The monoisotopic (exact) mass is 304 g/mol. The van der Waals surface area contributed by atoms with Gasteiger partial charge in [0.2, 0.25) is 5.76 Å². The van der Waals surface area contributed by atoms with Gasteiger partial charge in [-0.1, -0.05) is 15.9 Å². The van der Waals surface area contributed by atoms with Gasteiger partial charge in [-0.15, -0.1) is 0 Å². The molecule has 1 unspecified atom stereocenters. The smallest absolute Gasteiger partial charge is 0.289 e. The van der Waals surface area contributed by atoms with Crippen molar-refractivity contribution in [3.8, 4) is 0 Å². The van der Waals surface area contributed by atoms with E-state index in [0.29, 0.717) is 18.2 Å². The highest BCUT2D eigenvalue weighted by atomic mass is 79.9. The molecule has 17 heavy (non-hydrogen) atoms. The Bertz CT molecular complexity index is 373. The molecule has 0 saturated carbocycles. The molecule has 96 valence electrons. The van der Waals surface area contributed by atoms with Gasteiger partial charge in [0.15, 0.2) is 5.89 Å². The molecular formula is C11H17BrN2O3. The highest BCUT2D eigenvalue weighted by Crippen LogP contribution is 2.10. The van der Waals surface area contributed by atoms with Crippen molar-refractivity contribution >= 4 is 21.8 Å². The number of aryl methyl sites for hydroxylation is 2. The van der Waals surface area contributed by atoms with Gasteiger partial charge in [-0.05, 0) is 13.3 Å². The summed E-state index contributed by atoms with van der Waals surface area (Å²) in [7, 11) is 1.61. The first kappa shape index (κ1) is 14.2. The normalized spacial score (nSPS) is 12.5. The molecule has 0 aromatic carbocycles. The first-order valence-corrected chi connectivity index (χ1v) is 6.50. The molecule has 1 aromatic rings. The number of hydrogen-bond acceptors (Lipinski definition) is 4. The third-order valence-corrected chi connectivity index (χ3v) is 2.73. The van der Waals surface area contributed by atoms with E-state index >= 15 is 0 Å². The number of rotatable bonds is 6. The Hall–Kier alpha value is -0.880. The first-order chi connectivity index (χ1) is 8.08. The van der Waals surface area contributed by atoms with Gasteiger partial charge in [0.1, 0.15) is 0 Å². The van der Waals surface area contributed by atoms with Gasteiger partial charge in [0.25, 0.3) is 5.91 Å². The molecule has 0 saturated heterocycles. The molecular weight excluding hydrogens is 288 g/mol. The summed E-state index contributed by atoms with van der Waals surface area (Å²) in [5.74, 6) is 0.528. The lowest BCUT2D eigenvalue weighted by Crippen LogP contribution is -2.38. The van der Waals surface area contributed by atoms with Crippen LogP contribution in [0, 0.1) is 13.8 Å². The molecule has 1 heterocycles. The van der Waals surface area contributed by atoms with Crippen LogP contribution in [-0.4, -0.2) is 36.0 Å². The van der Waals surface area contributed by atoms with Gasteiger partial charge in [-0.3, -0.25) is 4.79 Å². The maximum Gasteiger partial charge on any atom is 0.289 e. The predicted molar refractivity (Wildman–Crippen MR) is 67.5 cm³/mol. The lowest BCUT2D eigenvalue weighted by molar-refractivity contribution is 0.0866. The van der Waals surface area contributed by atoms with Crippen LogP contribution < -0.4 is 5.32 Å². The van der Waals surface area contributed by atoms with E-state index < -0.39 is 0 Å². The van der Waals surface area contributed by atoms with E-state index in [0.717, 1.165) is 11.8 Å². The number of ether oxygens (including phenoxy) is 1. The Kier molecular flexibility index (Phi) is 5.64. The molecule has 0 aliphatic heterocycles. The Morgan fingerprint density at radius 1 is 1.59 bits per heavy atom. The van der Waals surface area contributed by atoms with Crippen molar-refractivity contribution in [3.63, 3.8) is 0 Å². The molecule has 1 N–H and O–H groups in total. The predicted octanol–water partition coefficient (Wildman–Crippen LogP) is 1.82. The Morgan fingerprint density at radius 3 is 2.76 bits per heavy atom. The second kappa shape index (κ2) is 6.76. The molecule has 6 heteroatoms. The summed E-state index contributed by atoms with van der Waals surface area (Å²) in [6.07, 6.45) is 0.797. The second-order valence-electron chi connectivity index (χ2n) is 3.75. The zero-order valence-corrected chi connectivity index (χ0v) is 11.8. The van der Waals surface area contributed by atoms with Crippen LogP contribution in [0.25, 0.3) is 0 Å². The number of alkyl halides is 1. The molecule has 1 amide bonds. The van der Waals surface area contributed by atoms with Gasteiger partial charge < -0.3 is 14.5 Å². The van der Waals surface area contributed by atoms with Crippen LogP contribution >= 0.6 is 15.9 Å². The Morgan fingerprint density at radius 2 is 2.29 bits per heavy atom. The van der Waals surface area contributed by atoms with Crippen molar-refractivity contribution in [1.29, 1.82) is 0 Å². The van der Waals surface area contributed by atoms with Crippen molar-refractivity contribution in [3.05, 3.63) is 17.3 Å². The van der Waals surface area contributed by atoms with Gasteiger partial charge >= 0.3 is 0 Å². The lowest BCUT2D eigenvalue weighted by atomic mass is 10.2. The van der Waals surface area contributed by atoms with Crippen molar-refractivity contribution in [2.75, 3.05) is 19.0 Å². The van der Waals surface area contributed by atoms with Gasteiger partial charge in [0.05, 0.1) is 18.3 Å². The van der Waals surface area contributed by atoms with Crippen molar-refractivity contribution in [2.45, 2.75) is 26.3 Å². The number of nitrogens with one attached hydrogen (secondary N) is 1. The largest absolute Gasteiger partial charge is 0.436 e. The highest BCUT2D eigenvalue weighted by molar-refractivity contribution is 9.09. The maximum atomic E-state index is 11.9. The maximum absolute atomic E-state index is 11.9. The van der Waals surface area contributed by atoms with E-state index in [9.17, 15) is 4.79 Å². The number of oxazole rings is 1. The van der Waals surface area contributed by atoms with Crippen LogP contribution in [0.3, 0.4) is 0 Å². The first-order valence-electron chi connectivity index (χ1n) is 5.38. The molecule has 1 aromatic heterocycles. The summed E-state index contributed by atoms with van der Waals surface area (Å²) in [5.41, 5.74) is 0.606. The molecule has 0 radical (unpaired) electrons. The Labute approximate surface area is 109 Å². The summed E-state index contributed by atoms with van der Waals surface area (Å²) < 4.78 is 10.3. The van der Waals surface area contributed by atoms with Crippen molar-refractivity contribution in [2.24, 2.45) is 0 Å². The number of methoxy groups -OCH3 is 1. The molecule has 0 fully saturated rings. The Balaban J connectivity index is 2.66. The van der Waals surface area contributed by atoms with Crippen LogP contribution in [0.5, 0.6) is 0 Å². The zero-order chi connectivity index (χ0) is 12.8. The van der Waals surface area contributed by atoms with E-state index in [-0.39, 0.29) is 17.7 Å². The van der Waals surface area contributed by atoms with Gasteiger partial charge in [-0.25, -0.2) is 4.98 Å². The minimum Gasteiger partial charge on any atom is -0.436 e. The fourth-order valence-corrected chi connectivity index (χ4v) is 2.08. The average Bonchev–Trinajstić information content (AvgIpc) is 2.58. The van der Waals surface area contributed by atoms with Crippen LogP contribution in [0.15, 0.2) is 4.42 Å². The molecule has 0 spiro atoms. The third kappa shape index (κ3) is 4.12. The van der Waals surface area contributed by atoms with Crippen LogP contribution in [0.2, 0.25) is 0 Å². The van der Waals surface area contributed by atoms with Gasteiger partial charge in [-0.2, -0.15) is 0 Å². The zero-order valence-electron chi connectivity index (χ0n) is 10.2. The molecule has 5 nitrogen and oxygen atoms in total. The minimum absolute atomic E-state index is 0.0309. The van der Waals surface area contributed by atoms with Crippen molar-refractivity contribution < 1.29 is 13.9 Å². The van der Waals surface area contributed by atoms with Crippen LogP contribution in [0.4, 0.5) is 0 Å². The second-order valence-corrected chi connectivity index (χ2v) is 4.54. The molecule has 0 bridgehead atoms. The molecule has 1 rings (SSSR count). The standard InChI is InChI=1S/C11H17BrN2O3/c1-7-10(17-8(2)13-7)11(15)14-9(4-5-12)6-16-3/h9H,4-6H2,1-3H3,(H,14,15). The summed E-state index contributed by atoms with van der Waals surface area (Å²) in [6.45, 7) is 3.94. The van der Waals surface area contributed by atoms with E-state index in [2.05, 4.69) is 26.2 Å². The summed E-state index contributed by atoms with van der Waals surface area (Å²) in [4.78, 5) is 16.0. The number of nitrogens with zero attached hydrogens (tertiary/aromatic N) is 1. The highest BCUT2D eigenvalue weighted by Gasteiger charge is 2.19. The topological polar surface area (TPSA) is 64.4 Å². The fraction of sp³-hybridized carbons (Fsp3) is 0.636. The lowest BCUT2D eigenvalue weighted by Gasteiger charge is -2.15. The minimum atomic E-state index is -0.244. The molecule has 0 aliphatic rings. The summed E-state index contributed by atoms with van der Waals surface area (Å²) >= 11 is 3.34. The SMILES string of the molecule is COCC(CCBr)NC(=O)c1oc(C)nc1C. The number of aromatic nitrogens is 1. The van der Waals surface area contributed by atoms with E-state index in [4.69, 9.17) is 9.15 Å². The molecule has 0 aliphatic carbocycles. The molecule has 1 atom stereocenters. The van der Waals surface area contributed by atoms with Gasteiger partial charge in [0, 0.05) is 19.4 Å². The van der Waals surface area contributed by atoms with Crippen molar-refractivity contribution in [1.82, 2.24) is 10.3 Å². The van der Waals surface area contributed by atoms with Crippen LogP contribution in [-0.2, 0) is 4.74 Å². The number of carbonyl (C=O) groups excluding carboxylic acids is 1. The average molecular weight is 305 g/mol. The number of halogens is 1. The van der Waals surface area contributed by atoms with E-state index in [1.54, 1.807) is 21.0 Å². The number of amides is 1. The number of hydrogen-bond donors (Lipinski definition) is 1. The summed E-state index contributed by atoms with van der Waals surface area (Å²) in [6, 6.07) is -0.0309. The van der Waals surface area contributed by atoms with E-state index in [1.165, 1.54) is 0 Å².